The van der Waals surface area contributed by atoms with Crippen molar-refractivity contribution in [2.24, 2.45) is 0 Å². The van der Waals surface area contributed by atoms with Gasteiger partial charge in [0, 0.05) is 11.7 Å². The summed E-state index contributed by atoms with van der Waals surface area (Å²) in [6.07, 6.45) is 6.54. The molecule has 0 aliphatic heterocycles. The van der Waals surface area contributed by atoms with Gasteiger partial charge < -0.3 is 23.9 Å². The molecule has 1 saturated carbocycles. The average molecular weight is 521 g/mol. The van der Waals surface area contributed by atoms with Gasteiger partial charge in [-0.3, -0.25) is 14.5 Å². The fraction of sp³-hybridized carbons (Fsp3) is 0.400. The van der Waals surface area contributed by atoms with Crippen LogP contribution in [0.5, 0.6) is 17.2 Å². The van der Waals surface area contributed by atoms with Crippen molar-refractivity contribution in [1.82, 2.24) is 5.32 Å². The average Bonchev–Trinajstić information content (AvgIpc) is 3.45. The Hall–Kier alpha value is -3.94. The van der Waals surface area contributed by atoms with Gasteiger partial charge in [-0.1, -0.05) is 25.3 Å². The number of hydrogen-bond acceptors (Lipinski definition) is 6. The fourth-order valence-electron chi connectivity index (χ4n) is 5.20. The molecule has 1 unspecified atom stereocenters. The topological polar surface area (TPSA) is 90.2 Å². The summed E-state index contributed by atoms with van der Waals surface area (Å²) < 4.78 is 22.2. The number of rotatable bonds is 9. The molecule has 8 nitrogen and oxygen atoms in total. The number of benzene rings is 2. The van der Waals surface area contributed by atoms with E-state index in [-0.39, 0.29) is 17.7 Å². The molecule has 0 radical (unpaired) electrons. The van der Waals surface area contributed by atoms with Crippen LogP contribution in [-0.4, -0.2) is 39.2 Å². The lowest BCUT2D eigenvalue weighted by Gasteiger charge is -2.33. The maximum absolute atomic E-state index is 14.2. The molecule has 38 heavy (non-hydrogen) atoms. The third-order valence-corrected chi connectivity index (χ3v) is 6.90. The van der Waals surface area contributed by atoms with Crippen molar-refractivity contribution >= 4 is 17.5 Å². The first-order valence-electron chi connectivity index (χ1n) is 12.9. The van der Waals surface area contributed by atoms with Gasteiger partial charge in [0.2, 0.25) is 11.7 Å². The summed E-state index contributed by atoms with van der Waals surface area (Å²) >= 11 is 0. The maximum Gasteiger partial charge on any atom is 0.294 e. The van der Waals surface area contributed by atoms with E-state index in [1.807, 2.05) is 32.0 Å². The molecule has 1 fully saturated rings. The van der Waals surface area contributed by atoms with Crippen molar-refractivity contribution < 1.29 is 28.2 Å². The van der Waals surface area contributed by atoms with E-state index in [9.17, 15) is 9.59 Å². The van der Waals surface area contributed by atoms with Crippen LogP contribution in [0.3, 0.4) is 0 Å². The second-order valence-electron chi connectivity index (χ2n) is 9.70. The molecule has 1 aliphatic carbocycles. The van der Waals surface area contributed by atoms with Gasteiger partial charge in [-0.25, -0.2) is 0 Å². The first-order valence-corrected chi connectivity index (χ1v) is 12.9. The summed E-state index contributed by atoms with van der Waals surface area (Å²) in [5, 5.41) is 3.22. The van der Waals surface area contributed by atoms with Gasteiger partial charge in [-0.05, 0) is 79.8 Å². The molecule has 202 valence electrons. The lowest BCUT2D eigenvalue weighted by Crippen LogP contribution is -2.47. The fourth-order valence-corrected chi connectivity index (χ4v) is 5.20. The highest BCUT2D eigenvalue weighted by atomic mass is 16.5. The van der Waals surface area contributed by atoms with E-state index in [0.29, 0.717) is 28.5 Å². The van der Waals surface area contributed by atoms with Gasteiger partial charge in [0.1, 0.15) is 6.04 Å². The van der Waals surface area contributed by atoms with Crippen molar-refractivity contribution in [1.29, 1.82) is 0 Å². The first kappa shape index (κ1) is 27.1. The number of hydrogen-bond donors (Lipinski definition) is 1. The third-order valence-electron chi connectivity index (χ3n) is 6.90. The second-order valence-corrected chi connectivity index (χ2v) is 9.70. The second kappa shape index (κ2) is 12.1. The van der Waals surface area contributed by atoms with Crippen LogP contribution < -0.4 is 24.4 Å². The molecule has 1 aromatic heterocycles. The van der Waals surface area contributed by atoms with Crippen LogP contribution in [-0.2, 0) is 4.79 Å². The minimum atomic E-state index is -1.04. The largest absolute Gasteiger partial charge is 0.493 e. The number of ether oxygens (including phenoxy) is 3. The molecule has 0 bridgehead atoms. The zero-order valence-electron chi connectivity index (χ0n) is 22.7. The van der Waals surface area contributed by atoms with E-state index in [4.69, 9.17) is 18.6 Å². The number of carbonyl (C=O) groups excluding carboxylic acids is 2. The van der Waals surface area contributed by atoms with Crippen LogP contribution in [0.2, 0.25) is 0 Å². The van der Waals surface area contributed by atoms with Gasteiger partial charge >= 0.3 is 0 Å². The monoisotopic (exact) mass is 520 g/mol. The van der Waals surface area contributed by atoms with Crippen LogP contribution in [0.15, 0.2) is 53.1 Å². The SMILES string of the molecule is COc1cc(C(C(=O)NC2CCCCC2)N(C(=O)c2ccco2)c2cc(C)cc(C)c2)cc(OC)c1OC. The minimum absolute atomic E-state index is 0.0422. The standard InChI is InChI=1S/C30H36N2O6/c1-19-14-20(2)16-23(15-19)32(30(34)24-12-9-13-38-24)27(29(33)31-22-10-7-6-8-11-22)21-17-25(35-3)28(37-5)26(18-21)36-4/h9,12-18,22,27H,6-8,10-11H2,1-5H3,(H,31,33). The van der Waals surface area contributed by atoms with Crippen molar-refractivity contribution in [3.63, 3.8) is 0 Å². The molecule has 1 heterocycles. The van der Waals surface area contributed by atoms with Crippen LogP contribution in [0.4, 0.5) is 5.69 Å². The smallest absolute Gasteiger partial charge is 0.294 e. The highest BCUT2D eigenvalue weighted by molar-refractivity contribution is 6.08. The lowest BCUT2D eigenvalue weighted by molar-refractivity contribution is -0.123. The Morgan fingerprint density at radius 3 is 2.08 bits per heavy atom. The Morgan fingerprint density at radius 1 is 0.921 bits per heavy atom. The van der Waals surface area contributed by atoms with Crippen molar-refractivity contribution in [2.45, 2.75) is 58.0 Å². The summed E-state index contributed by atoms with van der Waals surface area (Å²) in [5.41, 5.74) is 3.04. The molecule has 4 rings (SSSR count). The summed E-state index contributed by atoms with van der Waals surface area (Å²) in [4.78, 5) is 29.7. The van der Waals surface area contributed by atoms with Gasteiger partial charge in [-0.2, -0.15) is 0 Å². The summed E-state index contributed by atoms with van der Waals surface area (Å²) in [5.74, 6) is 0.599. The van der Waals surface area contributed by atoms with E-state index < -0.39 is 11.9 Å². The number of nitrogens with one attached hydrogen (secondary N) is 1. The number of furan rings is 1. The number of amides is 2. The molecular weight excluding hydrogens is 484 g/mol. The molecule has 1 aliphatic rings. The molecule has 2 amide bonds. The molecule has 1 atom stereocenters. The summed E-state index contributed by atoms with van der Waals surface area (Å²) in [7, 11) is 4.57. The van der Waals surface area contributed by atoms with Crippen LogP contribution in [0, 0.1) is 13.8 Å². The molecule has 0 spiro atoms. The van der Waals surface area contributed by atoms with Gasteiger partial charge in [-0.15, -0.1) is 0 Å². The van der Waals surface area contributed by atoms with Crippen molar-refractivity contribution in [2.75, 3.05) is 26.2 Å². The van der Waals surface area contributed by atoms with Crippen molar-refractivity contribution in [3.8, 4) is 17.2 Å². The molecule has 3 aromatic rings. The Kier molecular flexibility index (Phi) is 8.61. The van der Waals surface area contributed by atoms with E-state index in [1.54, 1.807) is 24.3 Å². The molecule has 0 saturated heterocycles. The zero-order chi connectivity index (χ0) is 27.2. The van der Waals surface area contributed by atoms with Gasteiger partial charge in [0.05, 0.1) is 27.6 Å². The quantitative estimate of drug-likeness (QED) is 0.386. The highest BCUT2D eigenvalue weighted by Crippen LogP contribution is 2.42. The minimum Gasteiger partial charge on any atom is -0.493 e. The Balaban J connectivity index is 1.92. The Morgan fingerprint density at radius 2 is 1.55 bits per heavy atom. The molecule has 2 aromatic carbocycles. The lowest BCUT2D eigenvalue weighted by atomic mass is 9.94. The van der Waals surface area contributed by atoms with E-state index in [2.05, 4.69) is 5.32 Å². The Bertz CT molecular complexity index is 1220. The normalized spacial score (nSPS) is 14.4. The Labute approximate surface area is 223 Å². The number of aryl methyl sites for hydroxylation is 2. The maximum atomic E-state index is 14.2. The van der Waals surface area contributed by atoms with E-state index >= 15 is 0 Å². The van der Waals surface area contributed by atoms with E-state index in [1.165, 1.54) is 32.5 Å². The first-order chi connectivity index (χ1) is 18.4. The van der Waals surface area contributed by atoms with Crippen LogP contribution >= 0.6 is 0 Å². The van der Waals surface area contributed by atoms with Crippen molar-refractivity contribution in [3.05, 3.63) is 71.2 Å². The van der Waals surface area contributed by atoms with Gasteiger partial charge in [0.15, 0.2) is 17.3 Å². The third kappa shape index (κ3) is 5.79. The van der Waals surface area contributed by atoms with Crippen LogP contribution in [0.25, 0.3) is 0 Å². The highest BCUT2D eigenvalue weighted by Gasteiger charge is 2.37. The van der Waals surface area contributed by atoms with E-state index in [0.717, 1.165) is 43.2 Å². The molecular formula is C30H36N2O6. The number of methoxy groups -OCH3 is 3. The number of anilines is 1. The summed E-state index contributed by atoms with van der Waals surface area (Å²) in [6, 6.07) is 11.5. The van der Waals surface area contributed by atoms with Crippen LogP contribution in [0.1, 0.15) is 65.4 Å². The predicted octanol–water partition coefficient (Wildman–Crippen LogP) is 5.76. The number of nitrogens with zero attached hydrogens (tertiary/aromatic N) is 1. The molecule has 1 N–H and O–H groups in total. The predicted molar refractivity (Wildman–Crippen MR) is 145 cm³/mol. The zero-order valence-corrected chi connectivity index (χ0v) is 22.7. The van der Waals surface area contributed by atoms with Gasteiger partial charge in [0.25, 0.3) is 5.91 Å². The molecule has 8 heteroatoms. The number of carbonyl (C=O) groups is 2. The summed E-state index contributed by atoms with van der Waals surface area (Å²) in [6.45, 7) is 3.92.